The van der Waals surface area contributed by atoms with E-state index in [0.29, 0.717) is 0 Å². The average molecular weight is 275 g/mol. The van der Waals surface area contributed by atoms with E-state index >= 15 is 0 Å². The second kappa shape index (κ2) is 8.56. The minimum atomic E-state index is -4.30. The summed E-state index contributed by atoms with van der Waals surface area (Å²) in [7, 11) is 0. The SMILES string of the molecule is CCC(CC(N)=O)C(F)(F)F.CCc1ccccc1. The number of benzene rings is 1. The molecule has 2 N–H and O–H groups in total. The molecule has 0 heterocycles. The minimum absolute atomic E-state index is 0.105. The Morgan fingerprint density at radius 1 is 1.21 bits per heavy atom. The number of primary amides is 1. The van der Waals surface area contributed by atoms with Crippen molar-refractivity contribution in [2.45, 2.75) is 39.3 Å². The molecule has 19 heavy (non-hydrogen) atoms. The van der Waals surface area contributed by atoms with Crippen molar-refractivity contribution in [2.75, 3.05) is 0 Å². The van der Waals surface area contributed by atoms with Gasteiger partial charge in [0.25, 0.3) is 0 Å². The third kappa shape index (κ3) is 8.24. The average Bonchev–Trinajstić information content (AvgIpc) is 2.36. The Balaban J connectivity index is 0.000000356. The van der Waals surface area contributed by atoms with E-state index in [9.17, 15) is 18.0 Å². The zero-order chi connectivity index (χ0) is 14.9. The molecule has 1 atom stereocenters. The maximum Gasteiger partial charge on any atom is 0.392 e. The van der Waals surface area contributed by atoms with E-state index in [2.05, 4.69) is 36.9 Å². The van der Waals surface area contributed by atoms with E-state index < -0.39 is 24.4 Å². The van der Waals surface area contributed by atoms with Crippen LogP contribution in [0, 0.1) is 5.92 Å². The zero-order valence-electron chi connectivity index (χ0n) is 11.2. The number of carbonyl (C=O) groups is 1. The number of rotatable bonds is 4. The Morgan fingerprint density at radius 3 is 1.95 bits per heavy atom. The van der Waals surface area contributed by atoms with Gasteiger partial charge in [0.15, 0.2) is 0 Å². The third-order valence-corrected chi connectivity index (χ3v) is 2.65. The molecule has 0 radical (unpaired) electrons. The molecule has 5 heteroatoms. The molecule has 2 nitrogen and oxygen atoms in total. The number of alkyl halides is 3. The first-order chi connectivity index (χ1) is 8.81. The third-order valence-electron chi connectivity index (χ3n) is 2.65. The van der Waals surface area contributed by atoms with Crippen LogP contribution in [0.5, 0.6) is 0 Å². The summed E-state index contributed by atoms with van der Waals surface area (Å²) in [6.07, 6.45) is -3.88. The van der Waals surface area contributed by atoms with Crippen LogP contribution < -0.4 is 5.73 Å². The summed E-state index contributed by atoms with van der Waals surface area (Å²) >= 11 is 0. The van der Waals surface area contributed by atoms with Gasteiger partial charge in [-0.05, 0) is 18.4 Å². The van der Waals surface area contributed by atoms with Crippen LogP contribution in [0.25, 0.3) is 0 Å². The molecule has 0 aliphatic heterocycles. The number of nitrogens with two attached hydrogens (primary N) is 1. The summed E-state index contributed by atoms with van der Waals surface area (Å²) in [4.78, 5) is 10.1. The molecule has 0 aromatic heterocycles. The van der Waals surface area contributed by atoms with Gasteiger partial charge in [-0.3, -0.25) is 4.79 Å². The molecule has 0 aliphatic carbocycles. The van der Waals surface area contributed by atoms with Gasteiger partial charge in [-0.2, -0.15) is 13.2 Å². The van der Waals surface area contributed by atoms with Crippen molar-refractivity contribution in [2.24, 2.45) is 11.7 Å². The van der Waals surface area contributed by atoms with Crippen molar-refractivity contribution < 1.29 is 18.0 Å². The van der Waals surface area contributed by atoms with Gasteiger partial charge in [-0.25, -0.2) is 0 Å². The Labute approximate surface area is 111 Å². The summed E-state index contributed by atoms with van der Waals surface area (Å²) in [6.45, 7) is 3.54. The minimum Gasteiger partial charge on any atom is -0.370 e. The molecule has 1 aromatic rings. The van der Waals surface area contributed by atoms with Crippen LogP contribution >= 0.6 is 0 Å². The Kier molecular flexibility index (Phi) is 7.87. The standard InChI is InChI=1S/C8H10.C6H10F3NO/c1-2-8-6-4-3-5-7-8;1-2-4(3-5(10)11)6(7,8)9/h3-7H,2H2,1H3;4H,2-3H2,1H3,(H2,10,11). The molecule has 0 saturated heterocycles. The predicted molar refractivity (Wildman–Crippen MR) is 69.5 cm³/mol. The van der Waals surface area contributed by atoms with E-state index in [1.807, 2.05) is 6.07 Å². The molecule has 0 fully saturated rings. The molecule has 1 amide bonds. The number of halogens is 3. The second-order valence-electron chi connectivity index (χ2n) is 4.16. The smallest absolute Gasteiger partial charge is 0.370 e. The molecule has 1 unspecified atom stereocenters. The summed E-state index contributed by atoms with van der Waals surface area (Å²) < 4.78 is 35.6. The second-order valence-corrected chi connectivity index (χ2v) is 4.16. The van der Waals surface area contributed by atoms with Gasteiger partial charge in [0, 0.05) is 6.42 Å². The molecule has 0 saturated carbocycles. The summed E-state index contributed by atoms with van der Waals surface area (Å²) in [5.41, 5.74) is 6.04. The molecule has 1 aromatic carbocycles. The largest absolute Gasteiger partial charge is 0.392 e. The monoisotopic (exact) mass is 275 g/mol. The van der Waals surface area contributed by atoms with Crippen LogP contribution in [0.4, 0.5) is 13.2 Å². The molecular formula is C14H20F3NO. The van der Waals surface area contributed by atoms with Gasteiger partial charge in [0.2, 0.25) is 5.91 Å². The number of carbonyl (C=O) groups excluding carboxylic acids is 1. The van der Waals surface area contributed by atoms with Crippen LogP contribution in [0.2, 0.25) is 0 Å². The van der Waals surface area contributed by atoms with Crippen LogP contribution in [-0.4, -0.2) is 12.1 Å². The number of aryl methyl sites for hydroxylation is 1. The van der Waals surface area contributed by atoms with E-state index in [-0.39, 0.29) is 6.42 Å². The summed E-state index contributed by atoms with van der Waals surface area (Å²) in [5, 5.41) is 0. The summed E-state index contributed by atoms with van der Waals surface area (Å²) in [6, 6.07) is 10.5. The Hall–Kier alpha value is -1.52. The quantitative estimate of drug-likeness (QED) is 0.894. The summed E-state index contributed by atoms with van der Waals surface area (Å²) in [5.74, 6) is -2.49. The highest BCUT2D eigenvalue weighted by Crippen LogP contribution is 2.30. The number of amides is 1. The van der Waals surface area contributed by atoms with Crippen molar-refractivity contribution >= 4 is 5.91 Å². The van der Waals surface area contributed by atoms with Gasteiger partial charge in [-0.15, -0.1) is 0 Å². The first-order valence-electron chi connectivity index (χ1n) is 6.20. The predicted octanol–water partition coefficient (Wildman–Crippen LogP) is 3.70. The van der Waals surface area contributed by atoms with Gasteiger partial charge < -0.3 is 5.73 Å². The lowest BCUT2D eigenvalue weighted by Crippen LogP contribution is -2.27. The van der Waals surface area contributed by atoms with E-state index in [0.717, 1.165) is 6.42 Å². The van der Waals surface area contributed by atoms with Gasteiger partial charge in [-0.1, -0.05) is 44.2 Å². The van der Waals surface area contributed by atoms with Crippen LogP contribution in [0.1, 0.15) is 32.3 Å². The Morgan fingerprint density at radius 2 is 1.74 bits per heavy atom. The fourth-order valence-electron chi connectivity index (χ4n) is 1.45. The van der Waals surface area contributed by atoms with Crippen LogP contribution in [0.3, 0.4) is 0 Å². The van der Waals surface area contributed by atoms with Gasteiger partial charge >= 0.3 is 6.18 Å². The van der Waals surface area contributed by atoms with Crippen LogP contribution in [0.15, 0.2) is 30.3 Å². The maximum absolute atomic E-state index is 11.9. The van der Waals surface area contributed by atoms with Crippen molar-refractivity contribution in [3.05, 3.63) is 35.9 Å². The van der Waals surface area contributed by atoms with Gasteiger partial charge in [0.1, 0.15) is 0 Å². The van der Waals surface area contributed by atoms with Crippen LogP contribution in [-0.2, 0) is 11.2 Å². The number of hydrogen-bond donors (Lipinski definition) is 1. The van der Waals surface area contributed by atoms with Crippen molar-refractivity contribution in [3.63, 3.8) is 0 Å². The highest BCUT2D eigenvalue weighted by molar-refractivity contribution is 5.74. The highest BCUT2D eigenvalue weighted by atomic mass is 19.4. The molecule has 0 spiro atoms. The maximum atomic E-state index is 11.9. The fraction of sp³-hybridized carbons (Fsp3) is 0.500. The normalized spacial score (nSPS) is 12.3. The van der Waals surface area contributed by atoms with Gasteiger partial charge in [0.05, 0.1) is 5.92 Å². The molecule has 108 valence electrons. The van der Waals surface area contributed by atoms with Crippen molar-refractivity contribution in [3.8, 4) is 0 Å². The fourth-order valence-corrected chi connectivity index (χ4v) is 1.45. The molecule has 1 rings (SSSR count). The van der Waals surface area contributed by atoms with Crippen molar-refractivity contribution in [1.82, 2.24) is 0 Å². The molecular weight excluding hydrogens is 255 g/mol. The Bertz CT molecular complexity index is 363. The topological polar surface area (TPSA) is 43.1 Å². The first-order valence-corrected chi connectivity index (χ1v) is 6.20. The lowest BCUT2D eigenvalue weighted by atomic mass is 10.0. The molecule has 0 bridgehead atoms. The first kappa shape index (κ1) is 17.5. The zero-order valence-corrected chi connectivity index (χ0v) is 11.2. The lowest BCUT2D eigenvalue weighted by molar-refractivity contribution is -0.179. The lowest BCUT2D eigenvalue weighted by Gasteiger charge is -2.16. The highest BCUT2D eigenvalue weighted by Gasteiger charge is 2.38. The number of hydrogen-bond acceptors (Lipinski definition) is 1. The van der Waals surface area contributed by atoms with Crippen molar-refractivity contribution in [1.29, 1.82) is 0 Å². The molecule has 0 aliphatic rings. The van der Waals surface area contributed by atoms with E-state index in [1.165, 1.54) is 12.5 Å². The van der Waals surface area contributed by atoms with E-state index in [4.69, 9.17) is 0 Å². The van der Waals surface area contributed by atoms with E-state index in [1.54, 1.807) is 0 Å².